The van der Waals surface area contributed by atoms with Crippen LogP contribution in [0.1, 0.15) is 43.3 Å². The van der Waals surface area contributed by atoms with E-state index >= 15 is 0 Å². The standard InChI is InChI=1S/C12H19NO2/c1-9-6-7-11(14-9)12(8-13)15-10-4-2-3-5-10/h6-7,10,12H,2-5,8,13H2,1H3. The Kier molecular flexibility index (Phi) is 3.44. The van der Waals surface area contributed by atoms with Crippen molar-refractivity contribution < 1.29 is 9.15 Å². The molecular weight excluding hydrogens is 190 g/mol. The molecule has 1 aliphatic rings. The lowest BCUT2D eigenvalue weighted by atomic mass is 10.2. The fourth-order valence-electron chi connectivity index (χ4n) is 2.12. The first-order valence-electron chi connectivity index (χ1n) is 5.71. The molecule has 3 nitrogen and oxygen atoms in total. The minimum Gasteiger partial charge on any atom is -0.464 e. The molecule has 1 unspecified atom stereocenters. The molecule has 0 aromatic carbocycles. The second kappa shape index (κ2) is 4.81. The van der Waals surface area contributed by atoms with Crippen molar-refractivity contribution in [2.75, 3.05) is 6.54 Å². The molecule has 1 aromatic rings. The fourth-order valence-corrected chi connectivity index (χ4v) is 2.12. The second-order valence-corrected chi connectivity index (χ2v) is 4.22. The van der Waals surface area contributed by atoms with Crippen molar-refractivity contribution in [1.82, 2.24) is 0 Å². The van der Waals surface area contributed by atoms with Gasteiger partial charge in [0.05, 0.1) is 6.10 Å². The molecule has 0 saturated heterocycles. The number of aryl methyl sites for hydroxylation is 1. The van der Waals surface area contributed by atoms with Gasteiger partial charge in [0.15, 0.2) is 0 Å². The van der Waals surface area contributed by atoms with Gasteiger partial charge in [0.1, 0.15) is 17.6 Å². The predicted octanol–water partition coefficient (Wildman–Crippen LogP) is 2.55. The Bertz CT molecular complexity index is 302. The number of ether oxygens (including phenoxy) is 1. The molecule has 1 heterocycles. The smallest absolute Gasteiger partial charge is 0.134 e. The highest BCUT2D eigenvalue weighted by molar-refractivity contribution is 5.08. The van der Waals surface area contributed by atoms with E-state index in [2.05, 4.69) is 0 Å². The maximum absolute atomic E-state index is 5.94. The molecule has 3 heteroatoms. The van der Waals surface area contributed by atoms with E-state index in [1.165, 1.54) is 12.8 Å². The summed E-state index contributed by atoms with van der Waals surface area (Å²) >= 11 is 0. The lowest BCUT2D eigenvalue weighted by Gasteiger charge is -2.18. The lowest BCUT2D eigenvalue weighted by Crippen LogP contribution is -2.20. The summed E-state index contributed by atoms with van der Waals surface area (Å²) in [5.74, 6) is 1.78. The Morgan fingerprint density at radius 2 is 2.20 bits per heavy atom. The Balaban J connectivity index is 1.97. The molecule has 0 bridgehead atoms. The molecule has 0 amide bonds. The number of furan rings is 1. The minimum absolute atomic E-state index is 0.0678. The number of nitrogens with two attached hydrogens (primary N) is 1. The van der Waals surface area contributed by atoms with E-state index < -0.39 is 0 Å². The first-order chi connectivity index (χ1) is 7.29. The number of hydrogen-bond acceptors (Lipinski definition) is 3. The van der Waals surface area contributed by atoms with Gasteiger partial charge in [-0.25, -0.2) is 0 Å². The van der Waals surface area contributed by atoms with Crippen molar-refractivity contribution in [1.29, 1.82) is 0 Å². The summed E-state index contributed by atoms with van der Waals surface area (Å²) in [5, 5.41) is 0. The first kappa shape index (κ1) is 10.7. The Morgan fingerprint density at radius 1 is 1.47 bits per heavy atom. The Labute approximate surface area is 90.6 Å². The zero-order valence-corrected chi connectivity index (χ0v) is 9.24. The number of hydrogen-bond donors (Lipinski definition) is 1. The largest absolute Gasteiger partial charge is 0.464 e. The summed E-state index contributed by atoms with van der Waals surface area (Å²) in [4.78, 5) is 0. The monoisotopic (exact) mass is 209 g/mol. The maximum Gasteiger partial charge on any atom is 0.134 e. The molecule has 1 aromatic heterocycles. The van der Waals surface area contributed by atoms with Crippen LogP contribution in [0.5, 0.6) is 0 Å². The Morgan fingerprint density at radius 3 is 2.73 bits per heavy atom. The minimum atomic E-state index is -0.0678. The van der Waals surface area contributed by atoms with Crippen LogP contribution in [0, 0.1) is 6.92 Å². The van der Waals surface area contributed by atoms with Crippen LogP contribution in [-0.4, -0.2) is 12.6 Å². The second-order valence-electron chi connectivity index (χ2n) is 4.22. The van der Waals surface area contributed by atoms with Gasteiger partial charge in [0.2, 0.25) is 0 Å². The van der Waals surface area contributed by atoms with Crippen LogP contribution in [-0.2, 0) is 4.74 Å². The van der Waals surface area contributed by atoms with Crippen LogP contribution in [0.3, 0.4) is 0 Å². The molecular formula is C12H19NO2. The number of rotatable bonds is 4. The quantitative estimate of drug-likeness (QED) is 0.829. The summed E-state index contributed by atoms with van der Waals surface area (Å²) in [6.07, 6.45) is 5.19. The van der Waals surface area contributed by atoms with Gasteiger partial charge in [-0.15, -0.1) is 0 Å². The summed E-state index contributed by atoms with van der Waals surface area (Å²) in [5.41, 5.74) is 5.71. The molecule has 84 valence electrons. The van der Waals surface area contributed by atoms with Gasteiger partial charge < -0.3 is 14.9 Å². The van der Waals surface area contributed by atoms with Gasteiger partial charge in [0, 0.05) is 6.54 Å². The molecule has 0 spiro atoms. The van der Waals surface area contributed by atoms with E-state index in [-0.39, 0.29) is 6.10 Å². The van der Waals surface area contributed by atoms with Gasteiger partial charge in [-0.2, -0.15) is 0 Å². The van der Waals surface area contributed by atoms with Crippen LogP contribution in [0.2, 0.25) is 0 Å². The van der Waals surface area contributed by atoms with E-state index in [4.69, 9.17) is 14.9 Å². The molecule has 2 rings (SSSR count). The summed E-state index contributed by atoms with van der Waals surface area (Å²) in [6, 6.07) is 3.91. The highest BCUT2D eigenvalue weighted by atomic mass is 16.5. The third-order valence-corrected chi connectivity index (χ3v) is 2.95. The molecule has 0 aliphatic heterocycles. The van der Waals surface area contributed by atoms with Crippen LogP contribution < -0.4 is 5.73 Å². The van der Waals surface area contributed by atoms with Crippen LogP contribution >= 0.6 is 0 Å². The van der Waals surface area contributed by atoms with Crippen molar-refractivity contribution >= 4 is 0 Å². The van der Waals surface area contributed by atoms with Gasteiger partial charge in [0.25, 0.3) is 0 Å². The summed E-state index contributed by atoms with van der Waals surface area (Å²) < 4.78 is 11.5. The van der Waals surface area contributed by atoms with Crippen molar-refractivity contribution in [3.63, 3.8) is 0 Å². The van der Waals surface area contributed by atoms with Crippen molar-refractivity contribution in [2.24, 2.45) is 5.73 Å². The third-order valence-electron chi connectivity index (χ3n) is 2.95. The van der Waals surface area contributed by atoms with E-state index in [0.717, 1.165) is 24.4 Å². The SMILES string of the molecule is Cc1ccc(C(CN)OC2CCCC2)o1. The van der Waals surface area contributed by atoms with Crippen molar-refractivity contribution in [3.05, 3.63) is 23.7 Å². The third kappa shape index (κ3) is 2.61. The normalized spacial score (nSPS) is 19.6. The first-order valence-corrected chi connectivity index (χ1v) is 5.71. The molecule has 1 atom stereocenters. The topological polar surface area (TPSA) is 48.4 Å². The van der Waals surface area contributed by atoms with E-state index in [1.807, 2.05) is 19.1 Å². The predicted molar refractivity (Wildman–Crippen MR) is 58.6 cm³/mol. The zero-order chi connectivity index (χ0) is 10.7. The van der Waals surface area contributed by atoms with E-state index in [0.29, 0.717) is 12.6 Å². The van der Waals surface area contributed by atoms with Crippen LogP contribution in [0.15, 0.2) is 16.5 Å². The maximum atomic E-state index is 5.94. The van der Waals surface area contributed by atoms with Gasteiger partial charge in [-0.1, -0.05) is 12.8 Å². The highest BCUT2D eigenvalue weighted by Gasteiger charge is 2.22. The van der Waals surface area contributed by atoms with Crippen LogP contribution in [0.4, 0.5) is 0 Å². The Hall–Kier alpha value is -0.800. The van der Waals surface area contributed by atoms with Gasteiger partial charge in [-0.05, 0) is 31.9 Å². The zero-order valence-electron chi connectivity index (χ0n) is 9.24. The summed E-state index contributed by atoms with van der Waals surface area (Å²) in [6.45, 7) is 2.43. The highest BCUT2D eigenvalue weighted by Crippen LogP contribution is 2.27. The average molecular weight is 209 g/mol. The molecule has 0 radical (unpaired) electrons. The van der Waals surface area contributed by atoms with E-state index in [9.17, 15) is 0 Å². The van der Waals surface area contributed by atoms with Crippen molar-refractivity contribution in [2.45, 2.75) is 44.8 Å². The van der Waals surface area contributed by atoms with Gasteiger partial charge in [-0.3, -0.25) is 0 Å². The van der Waals surface area contributed by atoms with Crippen LogP contribution in [0.25, 0.3) is 0 Å². The van der Waals surface area contributed by atoms with Crippen molar-refractivity contribution in [3.8, 4) is 0 Å². The van der Waals surface area contributed by atoms with Gasteiger partial charge >= 0.3 is 0 Å². The molecule has 15 heavy (non-hydrogen) atoms. The lowest BCUT2D eigenvalue weighted by molar-refractivity contribution is -0.0155. The van der Waals surface area contributed by atoms with E-state index in [1.54, 1.807) is 0 Å². The summed E-state index contributed by atoms with van der Waals surface area (Å²) in [7, 11) is 0. The molecule has 1 aliphatic carbocycles. The molecule has 1 fully saturated rings. The molecule has 2 N–H and O–H groups in total. The average Bonchev–Trinajstić information content (AvgIpc) is 2.85. The fraction of sp³-hybridized carbons (Fsp3) is 0.667. The molecule has 1 saturated carbocycles.